The quantitative estimate of drug-likeness (QED) is 0.437. The molecule has 1 aromatic carbocycles. The van der Waals surface area contributed by atoms with Crippen molar-refractivity contribution < 1.29 is 13.4 Å². The average molecular weight is 423 g/mol. The summed E-state index contributed by atoms with van der Waals surface area (Å²) in [6.07, 6.45) is 7.13. The highest BCUT2D eigenvalue weighted by Gasteiger charge is 2.19. The van der Waals surface area contributed by atoms with Gasteiger partial charge in [0, 0.05) is 35.8 Å². The summed E-state index contributed by atoms with van der Waals surface area (Å²) in [6.45, 7) is 0.351. The number of aromatic nitrogens is 3. The van der Waals surface area contributed by atoms with E-state index in [-0.39, 0.29) is 17.4 Å². The number of para-hydroxylation sites is 1. The van der Waals surface area contributed by atoms with E-state index >= 15 is 0 Å². The van der Waals surface area contributed by atoms with Gasteiger partial charge in [0.15, 0.2) is 0 Å². The van der Waals surface area contributed by atoms with E-state index in [2.05, 4.69) is 5.10 Å². The molecule has 154 valence electrons. The maximum absolute atomic E-state index is 12.8. The molecule has 4 rings (SSSR count). The van der Waals surface area contributed by atoms with Crippen molar-refractivity contribution in [2.45, 2.75) is 12.3 Å². The molecule has 1 amide bonds. The molecule has 0 bridgehead atoms. The Labute approximate surface area is 177 Å². The molecule has 4 aromatic rings. The molecule has 0 radical (unpaired) electrons. The topological polar surface area (TPSA) is 73.3 Å². The van der Waals surface area contributed by atoms with Crippen LogP contribution >= 0.6 is 0 Å². The Kier molecular flexibility index (Phi) is 5.94. The summed E-state index contributed by atoms with van der Waals surface area (Å²) >= 11 is 0. The summed E-state index contributed by atoms with van der Waals surface area (Å²) in [4.78, 5) is 14.0. The van der Waals surface area contributed by atoms with Gasteiger partial charge in [0.2, 0.25) is 5.91 Å². The summed E-state index contributed by atoms with van der Waals surface area (Å²) in [5.74, 6) is 1.49. The monoisotopic (exact) mass is 422 g/mol. The molecule has 3 heterocycles. The molecule has 0 aliphatic heterocycles. The number of hydrogen-bond acceptors (Lipinski definition) is 4. The molecule has 0 aliphatic rings. The van der Waals surface area contributed by atoms with E-state index in [9.17, 15) is 9.00 Å². The van der Waals surface area contributed by atoms with Crippen LogP contribution in [0.25, 0.3) is 11.5 Å². The predicted octanol–water partition coefficient (Wildman–Crippen LogP) is 3.16. The number of hydrogen-bond donors (Lipinski definition) is 0. The Bertz CT molecular complexity index is 1120. The van der Waals surface area contributed by atoms with Gasteiger partial charge in [-0.25, -0.2) is 4.68 Å². The van der Waals surface area contributed by atoms with Crippen molar-refractivity contribution in [1.82, 2.24) is 19.2 Å². The zero-order chi connectivity index (χ0) is 20.9. The van der Waals surface area contributed by atoms with Crippen LogP contribution in [0.15, 0.2) is 83.9 Å². The lowest BCUT2D eigenvalue weighted by Crippen LogP contribution is -2.30. The predicted molar refractivity (Wildman–Crippen MR) is 115 cm³/mol. The van der Waals surface area contributed by atoms with Gasteiger partial charge >= 0.3 is 0 Å². The molecule has 0 aliphatic carbocycles. The molecule has 0 N–H and O–H groups in total. The lowest BCUT2D eigenvalue weighted by atomic mass is 10.3. The van der Waals surface area contributed by atoms with Crippen LogP contribution in [-0.4, -0.2) is 42.2 Å². The van der Waals surface area contributed by atoms with Gasteiger partial charge in [0.05, 0.1) is 30.4 Å². The molecule has 0 spiro atoms. The van der Waals surface area contributed by atoms with Crippen molar-refractivity contribution in [2.24, 2.45) is 0 Å². The van der Waals surface area contributed by atoms with Crippen molar-refractivity contribution >= 4 is 16.7 Å². The van der Waals surface area contributed by atoms with Crippen LogP contribution < -0.4 is 0 Å². The second-order valence-corrected chi connectivity index (χ2v) is 8.35. The molecule has 0 saturated carbocycles. The minimum Gasteiger partial charge on any atom is -0.467 e. The molecule has 0 unspecified atom stereocenters. The molecular formula is C22H22N4O3S. The summed E-state index contributed by atoms with van der Waals surface area (Å²) in [5, 5.41) is 4.51. The highest BCUT2D eigenvalue weighted by Crippen LogP contribution is 2.21. The smallest absolute Gasteiger partial charge is 0.235 e. The minimum atomic E-state index is -1.37. The maximum Gasteiger partial charge on any atom is 0.235 e. The first-order valence-corrected chi connectivity index (χ1v) is 11.0. The summed E-state index contributed by atoms with van der Waals surface area (Å²) in [6, 6.07) is 17.2. The lowest BCUT2D eigenvalue weighted by molar-refractivity contribution is -0.127. The van der Waals surface area contributed by atoms with E-state index in [1.165, 1.54) is 4.90 Å². The van der Waals surface area contributed by atoms with Gasteiger partial charge < -0.3 is 13.9 Å². The largest absolute Gasteiger partial charge is 0.467 e. The van der Waals surface area contributed by atoms with Crippen LogP contribution in [-0.2, 0) is 27.9 Å². The molecule has 3 aromatic heterocycles. The average Bonchev–Trinajstić information content (AvgIpc) is 3.50. The van der Waals surface area contributed by atoms with Crippen LogP contribution in [0.5, 0.6) is 0 Å². The molecule has 7 nitrogen and oxygen atoms in total. The second-order valence-electron chi connectivity index (χ2n) is 6.89. The minimum absolute atomic E-state index is 0.0567. The molecule has 0 saturated heterocycles. The van der Waals surface area contributed by atoms with Gasteiger partial charge in [-0.2, -0.15) is 5.10 Å². The first kappa shape index (κ1) is 19.9. The normalized spacial score (nSPS) is 12.0. The van der Waals surface area contributed by atoms with Crippen molar-refractivity contribution in [3.63, 3.8) is 0 Å². The lowest BCUT2D eigenvalue weighted by Gasteiger charge is -2.15. The highest BCUT2D eigenvalue weighted by atomic mass is 32.2. The fourth-order valence-corrected chi connectivity index (χ4v) is 4.33. The van der Waals surface area contributed by atoms with Crippen LogP contribution in [0, 0.1) is 0 Å². The number of rotatable bonds is 8. The second kappa shape index (κ2) is 8.96. The number of carbonyl (C=O) groups is 1. The van der Waals surface area contributed by atoms with Crippen LogP contribution in [0.2, 0.25) is 0 Å². The zero-order valence-electron chi connectivity index (χ0n) is 16.5. The van der Waals surface area contributed by atoms with E-state index in [0.29, 0.717) is 12.3 Å². The Morgan fingerprint density at radius 1 is 1.10 bits per heavy atom. The summed E-state index contributed by atoms with van der Waals surface area (Å²) in [5.41, 5.74) is 1.72. The summed E-state index contributed by atoms with van der Waals surface area (Å²) in [7, 11) is 0.308. The van der Waals surface area contributed by atoms with Crippen molar-refractivity contribution in [2.75, 3.05) is 12.8 Å². The molecular weight excluding hydrogens is 400 g/mol. The van der Waals surface area contributed by atoms with Crippen molar-refractivity contribution in [1.29, 1.82) is 0 Å². The van der Waals surface area contributed by atoms with Gasteiger partial charge in [-0.3, -0.25) is 9.00 Å². The maximum atomic E-state index is 12.8. The highest BCUT2D eigenvalue weighted by molar-refractivity contribution is 7.84. The van der Waals surface area contributed by atoms with E-state index in [0.717, 1.165) is 17.1 Å². The van der Waals surface area contributed by atoms with E-state index in [1.807, 2.05) is 70.2 Å². The van der Waals surface area contributed by atoms with Crippen molar-refractivity contribution in [3.8, 4) is 11.5 Å². The Morgan fingerprint density at radius 2 is 1.87 bits per heavy atom. The number of carbonyl (C=O) groups excluding carboxylic acids is 1. The van der Waals surface area contributed by atoms with Crippen LogP contribution in [0.4, 0.5) is 0 Å². The number of nitrogens with zero attached hydrogens (tertiary/aromatic N) is 4. The number of amides is 1. The van der Waals surface area contributed by atoms with E-state index < -0.39 is 10.8 Å². The van der Waals surface area contributed by atoms with Crippen LogP contribution in [0.3, 0.4) is 0 Å². The standard InChI is InChI=1S/C22H22N4O3S/c1-24(15-20-10-7-13-29-20)21(27)17-30(28)16-18-14-23-26(19-8-3-2-4-9-19)22(18)25-11-5-6-12-25/h2-14H,15-17H2,1H3/t30-/m1/s1. The fourth-order valence-electron chi connectivity index (χ4n) is 3.18. The molecule has 1 atom stereocenters. The van der Waals surface area contributed by atoms with E-state index in [4.69, 9.17) is 4.42 Å². The molecule has 8 heteroatoms. The first-order chi connectivity index (χ1) is 14.6. The molecule has 0 fully saturated rings. The number of benzene rings is 1. The van der Waals surface area contributed by atoms with Gasteiger partial charge in [0.25, 0.3) is 0 Å². The summed E-state index contributed by atoms with van der Waals surface area (Å²) < 4.78 is 21.8. The SMILES string of the molecule is CN(Cc1ccco1)C(=O)C[S@](=O)Cc1cnn(-c2ccccc2)c1-n1cccc1. The Balaban J connectivity index is 1.51. The Hall–Kier alpha value is -3.39. The first-order valence-electron chi connectivity index (χ1n) is 9.49. The zero-order valence-corrected chi connectivity index (χ0v) is 17.4. The number of furan rings is 1. The van der Waals surface area contributed by atoms with Gasteiger partial charge in [-0.1, -0.05) is 18.2 Å². The van der Waals surface area contributed by atoms with Gasteiger partial charge in [-0.15, -0.1) is 0 Å². The van der Waals surface area contributed by atoms with Gasteiger partial charge in [-0.05, 0) is 36.4 Å². The fraction of sp³-hybridized carbons (Fsp3) is 0.182. The third-order valence-electron chi connectivity index (χ3n) is 4.67. The van der Waals surface area contributed by atoms with Crippen LogP contribution in [0.1, 0.15) is 11.3 Å². The molecule has 30 heavy (non-hydrogen) atoms. The van der Waals surface area contributed by atoms with E-state index in [1.54, 1.807) is 25.6 Å². The van der Waals surface area contributed by atoms with Gasteiger partial charge in [0.1, 0.15) is 17.3 Å². The van der Waals surface area contributed by atoms with Crippen molar-refractivity contribution in [3.05, 3.63) is 90.8 Å². The Morgan fingerprint density at radius 3 is 2.57 bits per heavy atom. The third-order valence-corrected chi connectivity index (χ3v) is 5.87. The third kappa shape index (κ3) is 4.44.